The quantitative estimate of drug-likeness (QED) is 0.215. The van der Waals surface area contributed by atoms with Crippen LogP contribution in [0.5, 0.6) is 0 Å². The number of nitrogens with one attached hydrogen (secondary N) is 3. The van der Waals surface area contributed by atoms with Gasteiger partial charge in [0, 0.05) is 80.0 Å². The van der Waals surface area contributed by atoms with Crippen molar-refractivity contribution in [2.75, 3.05) is 67.9 Å². The number of amides is 4. The van der Waals surface area contributed by atoms with E-state index in [-0.39, 0.29) is 54.8 Å². The van der Waals surface area contributed by atoms with Crippen LogP contribution in [-0.2, 0) is 33.4 Å². The van der Waals surface area contributed by atoms with E-state index in [1.165, 1.54) is 11.0 Å². The Balaban J connectivity index is 0.927. The molecule has 2 aromatic heterocycles. The van der Waals surface area contributed by atoms with Gasteiger partial charge in [0.2, 0.25) is 17.7 Å². The highest BCUT2D eigenvalue weighted by Crippen LogP contribution is 2.42. The summed E-state index contributed by atoms with van der Waals surface area (Å²) < 4.78 is 34.0. The van der Waals surface area contributed by atoms with Crippen molar-refractivity contribution in [3.63, 3.8) is 0 Å². The number of piperazine rings is 1. The number of rotatable bonds is 5. The summed E-state index contributed by atoms with van der Waals surface area (Å²) in [5.74, 6) is -3.92. The van der Waals surface area contributed by atoms with E-state index in [4.69, 9.17) is 9.97 Å². The van der Waals surface area contributed by atoms with Crippen molar-refractivity contribution in [2.45, 2.75) is 103 Å². The SMILES string of the molecule is Cc1nc2c3cc(N4CCN(C(=O)CNc5cccc6c5CN(C5CCC(=O)NC5=O)C6=O)CC4)c(=O)n(c3n1)CCCCCCCN1CCC(CC1)C(F)(F)c1cccc(c1)[C@@H](C)N2. The number of alkyl halides is 2. The number of benzene rings is 2. The molecule has 3 saturated heterocycles. The molecule has 344 valence electrons. The summed E-state index contributed by atoms with van der Waals surface area (Å²) >= 11 is 0. The van der Waals surface area contributed by atoms with Gasteiger partial charge in [-0.3, -0.25) is 33.9 Å². The van der Waals surface area contributed by atoms with E-state index in [0.717, 1.165) is 38.6 Å². The molecule has 4 aromatic rings. The minimum absolute atomic E-state index is 0.0187. The van der Waals surface area contributed by atoms with E-state index in [2.05, 4.69) is 20.9 Å². The first kappa shape index (κ1) is 44.2. The molecule has 0 spiro atoms. The maximum Gasteiger partial charge on any atom is 0.276 e. The van der Waals surface area contributed by atoms with Gasteiger partial charge in [-0.1, -0.05) is 43.5 Å². The highest BCUT2D eigenvalue weighted by atomic mass is 19.3. The normalized spacial score (nSPS) is 24.1. The van der Waals surface area contributed by atoms with Crippen LogP contribution in [0.15, 0.2) is 53.3 Å². The predicted octanol–water partition coefficient (Wildman–Crippen LogP) is 5.56. The Bertz CT molecular complexity index is 2550. The summed E-state index contributed by atoms with van der Waals surface area (Å²) in [6.45, 7) is 8.19. The molecule has 65 heavy (non-hydrogen) atoms. The van der Waals surface area contributed by atoms with Crippen LogP contribution in [0.3, 0.4) is 0 Å². The number of piperidine rings is 2. The number of aromatic nitrogens is 3. The zero-order valence-corrected chi connectivity index (χ0v) is 37.2. The highest BCUT2D eigenvalue weighted by molar-refractivity contribution is 6.06. The number of carbonyl (C=O) groups is 4. The predicted molar refractivity (Wildman–Crippen MR) is 243 cm³/mol. The lowest BCUT2D eigenvalue weighted by Gasteiger charge is -2.36. The smallest absolute Gasteiger partial charge is 0.276 e. The molecule has 0 radical (unpaired) electrons. The molecule has 6 aliphatic heterocycles. The Morgan fingerprint density at radius 1 is 0.862 bits per heavy atom. The zero-order chi connectivity index (χ0) is 45.4. The van der Waals surface area contributed by atoms with Crippen molar-refractivity contribution in [2.24, 2.45) is 5.92 Å². The molecule has 0 saturated carbocycles. The summed E-state index contributed by atoms with van der Waals surface area (Å²) in [5, 5.41) is 9.73. The average molecular weight is 893 g/mol. The number of fused-ring (bicyclic) bond motifs is 10. The maximum atomic E-state index is 16.1. The third kappa shape index (κ3) is 9.03. The van der Waals surface area contributed by atoms with Crippen LogP contribution in [-0.4, -0.2) is 111 Å². The summed E-state index contributed by atoms with van der Waals surface area (Å²) in [6, 6.07) is 12.7. The van der Waals surface area contributed by atoms with Crippen molar-refractivity contribution < 1.29 is 28.0 Å². The molecule has 6 aliphatic rings. The zero-order valence-electron chi connectivity index (χ0n) is 37.2. The molecule has 3 N–H and O–H groups in total. The lowest BCUT2D eigenvalue weighted by atomic mass is 9.85. The van der Waals surface area contributed by atoms with Gasteiger partial charge in [-0.15, -0.1) is 0 Å². The van der Waals surface area contributed by atoms with Crippen LogP contribution in [0.4, 0.5) is 26.0 Å². The molecule has 15 nitrogen and oxygen atoms in total. The monoisotopic (exact) mass is 892 g/mol. The molecule has 1 unspecified atom stereocenters. The van der Waals surface area contributed by atoms with Gasteiger partial charge in [-0.2, -0.15) is 0 Å². The van der Waals surface area contributed by atoms with Crippen LogP contribution < -0.4 is 26.4 Å². The van der Waals surface area contributed by atoms with E-state index in [9.17, 15) is 24.0 Å². The van der Waals surface area contributed by atoms with Crippen molar-refractivity contribution >= 4 is 51.9 Å². The van der Waals surface area contributed by atoms with Crippen molar-refractivity contribution in [1.82, 2.24) is 34.6 Å². The minimum atomic E-state index is -2.96. The van der Waals surface area contributed by atoms with Crippen LogP contribution in [0, 0.1) is 12.8 Å². The van der Waals surface area contributed by atoms with Crippen molar-refractivity contribution in [3.05, 3.63) is 87.0 Å². The number of aryl methyl sites for hydroxylation is 2. The molecule has 8 heterocycles. The van der Waals surface area contributed by atoms with Crippen molar-refractivity contribution in [3.8, 4) is 0 Å². The van der Waals surface area contributed by atoms with Gasteiger partial charge in [0.05, 0.1) is 11.9 Å². The molecule has 8 bridgehead atoms. The molecule has 2 atom stereocenters. The summed E-state index contributed by atoms with van der Waals surface area (Å²) in [7, 11) is 0. The number of hydrogen-bond donors (Lipinski definition) is 3. The Kier molecular flexibility index (Phi) is 12.6. The third-order valence-corrected chi connectivity index (χ3v) is 14.1. The van der Waals surface area contributed by atoms with Gasteiger partial charge in [-0.05, 0) is 95.4 Å². The van der Waals surface area contributed by atoms with Gasteiger partial charge in [-0.25, -0.2) is 18.7 Å². The summed E-state index contributed by atoms with van der Waals surface area (Å²) in [6.07, 6.45) is 6.12. The number of halogens is 2. The Morgan fingerprint density at radius 2 is 1.60 bits per heavy atom. The molecular formula is C48H58F2N10O5. The van der Waals surface area contributed by atoms with Crippen LogP contribution in [0.25, 0.3) is 11.0 Å². The first-order valence-corrected chi connectivity index (χ1v) is 23.3. The fourth-order valence-electron chi connectivity index (χ4n) is 10.3. The third-order valence-electron chi connectivity index (χ3n) is 14.1. The number of imide groups is 1. The van der Waals surface area contributed by atoms with E-state index in [1.807, 2.05) is 30.0 Å². The second kappa shape index (κ2) is 18.5. The Labute approximate surface area is 376 Å². The lowest BCUT2D eigenvalue weighted by Crippen LogP contribution is -2.52. The number of hydrogen-bond acceptors (Lipinski definition) is 11. The van der Waals surface area contributed by atoms with Gasteiger partial charge < -0.3 is 30.2 Å². The first-order valence-electron chi connectivity index (χ1n) is 23.3. The lowest BCUT2D eigenvalue weighted by molar-refractivity contribution is -0.137. The minimum Gasteiger partial charge on any atom is -0.376 e. The summed E-state index contributed by atoms with van der Waals surface area (Å²) in [4.78, 5) is 83.1. The van der Waals surface area contributed by atoms with Crippen molar-refractivity contribution in [1.29, 1.82) is 0 Å². The van der Waals surface area contributed by atoms with Gasteiger partial charge in [0.15, 0.2) is 0 Å². The second-order valence-electron chi connectivity index (χ2n) is 18.3. The molecule has 10 rings (SSSR count). The molecule has 17 heteroatoms. The van der Waals surface area contributed by atoms with Crippen LogP contribution >= 0.6 is 0 Å². The molecule has 0 aliphatic carbocycles. The Hall–Kier alpha value is -5.97. The van der Waals surface area contributed by atoms with E-state index in [1.54, 1.807) is 40.7 Å². The fourth-order valence-corrected chi connectivity index (χ4v) is 10.3. The topological polar surface area (TPSA) is 165 Å². The molecular weight excluding hydrogens is 835 g/mol. The standard InChI is InChI=1S/C48H58F2N10O5/c1-30-32-10-8-11-34(26-32)48(49,50)33-16-20-56(21-17-33)18-6-4-3-5-7-19-59-44-36(43(52-30)53-31(2)54-44)27-40(47(59)65)57-22-24-58(25-23-57)42(62)28-51-38-13-9-12-35-37(38)29-60(46(35)64)39-14-15-41(61)55-45(39)63/h8-13,26-27,30,33,39,51H,3-7,14-25,28-29H2,1-2H3,(H,52,53,54)(H,55,61,63)/t30-,39?/m1/s1. The highest BCUT2D eigenvalue weighted by Gasteiger charge is 2.43. The Morgan fingerprint density at radius 3 is 2.37 bits per heavy atom. The fraction of sp³-hybridized carbons (Fsp3) is 0.521. The van der Waals surface area contributed by atoms with E-state index < -0.39 is 29.8 Å². The second-order valence-corrected chi connectivity index (χ2v) is 18.3. The molecule has 4 amide bonds. The van der Waals surface area contributed by atoms with E-state index >= 15 is 8.78 Å². The first-order chi connectivity index (χ1) is 31.3. The molecule has 3 fully saturated rings. The van der Waals surface area contributed by atoms with Crippen LogP contribution in [0.1, 0.15) is 104 Å². The number of carbonyl (C=O) groups excluding carboxylic acids is 4. The molecule has 2 aromatic carbocycles. The average Bonchev–Trinajstić information content (AvgIpc) is 3.64. The van der Waals surface area contributed by atoms with Gasteiger partial charge >= 0.3 is 0 Å². The van der Waals surface area contributed by atoms with E-state index in [0.29, 0.717) is 109 Å². The van der Waals surface area contributed by atoms with Gasteiger partial charge in [0.25, 0.3) is 17.4 Å². The number of anilines is 3. The summed E-state index contributed by atoms with van der Waals surface area (Å²) in [5.41, 5.74) is 3.37. The maximum absolute atomic E-state index is 16.1. The largest absolute Gasteiger partial charge is 0.376 e. The van der Waals surface area contributed by atoms with Crippen LogP contribution in [0.2, 0.25) is 0 Å². The number of nitrogens with zero attached hydrogens (tertiary/aromatic N) is 7. The van der Waals surface area contributed by atoms with Gasteiger partial charge in [0.1, 0.15) is 29.0 Å². The number of pyridine rings is 1.